The highest BCUT2D eigenvalue weighted by Gasteiger charge is 2.71. The van der Waals surface area contributed by atoms with Gasteiger partial charge in [-0.15, -0.1) is 0 Å². The van der Waals surface area contributed by atoms with Gasteiger partial charge in [-0.25, -0.2) is 17.5 Å². The van der Waals surface area contributed by atoms with E-state index in [1.165, 1.54) is 23.0 Å². The van der Waals surface area contributed by atoms with Gasteiger partial charge in [-0.1, -0.05) is 23.7 Å². The van der Waals surface area contributed by atoms with E-state index >= 15 is 0 Å². The van der Waals surface area contributed by atoms with Gasteiger partial charge in [-0.2, -0.15) is 14.5 Å². The van der Waals surface area contributed by atoms with Crippen LogP contribution in [0.25, 0.3) is 16.6 Å². The van der Waals surface area contributed by atoms with Crippen molar-refractivity contribution < 1.29 is 12.8 Å². The highest BCUT2D eigenvalue weighted by molar-refractivity contribution is 7.89. The Labute approximate surface area is 230 Å². The number of fused-ring (bicyclic) bond motifs is 2. The van der Waals surface area contributed by atoms with Crippen LogP contribution < -0.4 is 0 Å². The Kier molecular flexibility index (Phi) is 5.33. The summed E-state index contributed by atoms with van der Waals surface area (Å²) in [6, 6.07) is 18.4. The van der Waals surface area contributed by atoms with Gasteiger partial charge in [0.2, 0.25) is 10.0 Å². The predicted octanol–water partition coefficient (Wildman–Crippen LogP) is 5.22. The molecule has 3 aromatic carbocycles. The molecule has 1 saturated carbocycles. The Morgan fingerprint density at radius 1 is 1.05 bits per heavy atom. The number of aromatic nitrogens is 4. The first-order chi connectivity index (χ1) is 18.7. The van der Waals surface area contributed by atoms with E-state index < -0.39 is 15.4 Å². The summed E-state index contributed by atoms with van der Waals surface area (Å²) >= 11 is 6.38. The quantitative estimate of drug-likeness (QED) is 0.295. The van der Waals surface area contributed by atoms with Crippen LogP contribution in [-0.2, 0) is 22.5 Å². The summed E-state index contributed by atoms with van der Waals surface area (Å²) in [6.45, 7) is 2.85. The molecule has 1 aliphatic heterocycles. The smallest absolute Gasteiger partial charge is 0.246 e. The molecule has 39 heavy (non-hydrogen) atoms. The molecular formula is C29H25ClFN5O2S. The third-order valence-electron chi connectivity index (χ3n) is 8.36. The Morgan fingerprint density at radius 3 is 2.56 bits per heavy atom. The second-order valence-electron chi connectivity index (χ2n) is 10.6. The van der Waals surface area contributed by atoms with E-state index in [0.29, 0.717) is 18.1 Å². The second kappa shape index (κ2) is 8.48. The number of nitrogens with zero attached hydrogens (tertiary/aromatic N) is 5. The average molecular weight is 562 g/mol. The highest BCUT2D eigenvalue weighted by Crippen LogP contribution is 2.70. The molecule has 2 aliphatic rings. The number of rotatable bonds is 5. The molecule has 1 aliphatic carbocycles. The van der Waals surface area contributed by atoms with Gasteiger partial charge in [-0.05, 0) is 78.1 Å². The lowest BCUT2D eigenvalue weighted by atomic mass is 9.87. The van der Waals surface area contributed by atoms with E-state index in [9.17, 15) is 12.8 Å². The Balaban J connectivity index is 1.34. The fourth-order valence-corrected chi connectivity index (χ4v) is 8.30. The van der Waals surface area contributed by atoms with Gasteiger partial charge < -0.3 is 0 Å². The molecule has 10 heteroatoms. The van der Waals surface area contributed by atoms with Crippen LogP contribution in [0.2, 0.25) is 5.02 Å². The number of benzene rings is 3. The van der Waals surface area contributed by atoms with Crippen molar-refractivity contribution in [3.63, 3.8) is 0 Å². The molecule has 0 spiro atoms. The minimum atomic E-state index is -3.69. The van der Waals surface area contributed by atoms with Gasteiger partial charge in [0.1, 0.15) is 10.7 Å². The van der Waals surface area contributed by atoms with Gasteiger partial charge in [0.15, 0.2) is 0 Å². The van der Waals surface area contributed by atoms with Crippen LogP contribution in [0.1, 0.15) is 22.6 Å². The lowest BCUT2D eigenvalue weighted by Crippen LogP contribution is -2.34. The van der Waals surface area contributed by atoms with E-state index in [0.717, 1.165) is 33.3 Å². The summed E-state index contributed by atoms with van der Waals surface area (Å²) in [5.41, 5.74) is 4.58. The van der Waals surface area contributed by atoms with Crippen molar-refractivity contribution >= 4 is 32.5 Å². The fraction of sp³-hybridized carbons (Fsp3) is 0.241. The van der Waals surface area contributed by atoms with Gasteiger partial charge in [0.25, 0.3) is 0 Å². The zero-order valence-corrected chi connectivity index (χ0v) is 22.9. The third-order valence-corrected chi connectivity index (χ3v) is 10.4. The average Bonchev–Trinajstić information content (AvgIpc) is 3.33. The van der Waals surface area contributed by atoms with Crippen molar-refractivity contribution in [1.82, 2.24) is 23.9 Å². The number of hydrogen-bond acceptors (Lipinski definition) is 4. The predicted molar refractivity (Wildman–Crippen MR) is 147 cm³/mol. The molecule has 198 valence electrons. The fourth-order valence-electron chi connectivity index (χ4n) is 6.59. The first-order valence-electron chi connectivity index (χ1n) is 12.7. The molecule has 0 amide bonds. The molecule has 2 fully saturated rings. The summed E-state index contributed by atoms with van der Waals surface area (Å²) < 4.78 is 45.6. The summed E-state index contributed by atoms with van der Waals surface area (Å²) in [5, 5.41) is 10.3. The molecule has 3 atom stereocenters. The minimum Gasteiger partial charge on any atom is -0.274 e. The molecule has 1 saturated heterocycles. The second-order valence-corrected chi connectivity index (χ2v) is 13.0. The number of halogens is 2. The van der Waals surface area contributed by atoms with Crippen molar-refractivity contribution in [2.24, 2.45) is 13.0 Å². The SMILES string of the molecule is Cc1cc2c(cnn2-c2ccc(F)cc2)cc1[C@]12CN(S(=O)(=O)c3cnn(C)c3)C[C@H]1[C@H]2c1cccc(Cl)c1. The monoisotopic (exact) mass is 561 g/mol. The number of sulfonamides is 1. The minimum absolute atomic E-state index is 0.103. The number of hydrogen-bond donors (Lipinski definition) is 0. The van der Waals surface area contributed by atoms with Crippen LogP contribution in [0.15, 0.2) is 84.1 Å². The summed E-state index contributed by atoms with van der Waals surface area (Å²) in [4.78, 5) is 0.202. The van der Waals surface area contributed by atoms with Crippen molar-refractivity contribution in [3.8, 4) is 5.69 Å². The van der Waals surface area contributed by atoms with Crippen molar-refractivity contribution in [3.05, 3.63) is 107 Å². The topological polar surface area (TPSA) is 73.0 Å². The lowest BCUT2D eigenvalue weighted by Gasteiger charge is -2.25. The van der Waals surface area contributed by atoms with Gasteiger partial charge in [-0.3, -0.25) is 4.68 Å². The largest absolute Gasteiger partial charge is 0.274 e. The van der Waals surface area contributed by atoms with E-state index in [1.807, 2.05) is 24.4 Å². The zero-order valence-electron chi connectivity index (χ0n) is 21.3. The summed E-state index contributed by atoms with van der Waals surface area (Å²) in [6.07, 6.45) is 4.76. The first-order valence-corrected chi connectivity index (χ1v) is 14.5. The molecule has 7 rings (SSSR count). The molecule has 0 N–H and O–H groups in total. The molecular weight excluding hydrogens is 537 g/mol. The molecule has 7 nitrogen and oxygen atoms in total. The van der Waals surface area contributed by atoms with Crippen molar-refractivity contribution in [2.45, 2.75) is 23.2 Å². The molecule has 3 heterocycles. The van der Waals surface area contributed by atoms with Gasteiger partial charge in [0, 0.05) is 48.1 Å². The van der Waals surface area contributed by atoms with Gasteiger partial charge in [0.05, 0.1) is 23.6 Å². The zero-order chi connectivity index (χ0) is 27.1. The molecule has 0 radical (unpaired) electrons. The van der Waals surface area contributed by atoms with Gasteiger partial charge >= 0.3 is 0 Å². The summed E-state index contributed by atoms with van der Waals surface area (Å²) in [7, 11) is -1.98. The van der Waals surface area contributed by atoms with Crippen LogP contribution >= 0.6 is 11.6 Å². The van der Waals surface area contributed by atoms with E-state index in [1.54, 1.807) is 34.4 Å². The number of aryl methyl sites for hydroxylation is 2. The Morgan fingerprint density at radius 2 is 1.85 bits per heavy atom. The highest BCUT2D eigenvalue weighted by atomic mass is 35.5. The van der Waals surface area contributed by atoms with Crippen LogP contribution in [0.4, 0.5) is 4.39 Å². The van der Waals surface area contributed by atoms with E-state index in [2.05, 4.69) is 35.3 Å². The van der Waals surface area contributed by atoms with Crippen LogP contribution in [0, 0.1) is 18.7 Å². The first kappa shape index (κ1) is 24.5. The van der Waals surface area contributed by atoms with E-state index in [-0.39, 0.29) is 22.5 Å². The molecule has 2 aromatic heterocycles. The maximum absolute atomic E-state index is 13.6. The standard InChI is InChI=1S/C29H25ClFN5O2S/c1-18-10-27-20(13-33-36(27)23-8-6-22(31)7-9-23)12-25(18)29-17-35(39(37,38)24-14-32-34(2)15-24)16-26(29)28(29)19-4-3-5-21(30)11-19/h3-15,26,28H,16-17H2,1-2H3/t26-,28+,29+/m0/s1. The van der Waals surface area contributed by atoms with Crippen molar-refractivity contribution in [1.29, 1.82) is 0 Å². The van der Waals surface area contributed by atoms with Crippen LogP contribution in [0.3, 0.4) is 0 Å². The summed E-state index contributed by atoms with van der Waals surface area (Å²) in [5.74, 6) is -0.0582. The molecule has 5 aromatic rings. The normalized spacial score (nSPS) is 22.9. The van der Waals surface area contributed by atoms with E-state index in [4.69, 9.17) is 11.6 Å². The van der Waals surface area contributed by atoms with Crippen LogP contribution in [0.5, 0.6) is 0 Å². The maximum Gasteiger partial charge on any atom is 0.246 e. The lowest BCUT2D eigenvalue weighted by molar-refractivity contribution is 0.421. The molecule has 0 bridgehead atoms. The molecule has 0 unspecified atom stereocenters. The third kappa shape index (κ3) is 3.67. The maximum atomic E-state index is 13.6. The van der Waals surface area contributed by atoms with Crippen molar-refractivity contribution in [2.75, 3.05) is 13.1 Å². The van der Waals surface area contributed by atoms with Crippen LogP contribution in [-0.4, -0.2) is 45.4 Å². The number of piperidine rings is 1. The Bertz CT molecular complexity index is 1870. The Hall–Kier alpha value is -3.53.